The molecule has 0 aromatic carbocycles. The van der Waals surface area contributed by atoms with E-state index >= 15 is 0 Å². The van der Waals surface area contributed by atoms with Gasteiger partial charge in [-0.3, -0.25) is 4.98 Å². The van der Waals surface area contributed by atoms with Gasteiger partial charge in [-0.25, -0.2) is 0 Å². The van der Waals surface area contributed by atoms with E-state index in [2.05, 4.69) is 53.5 Å². The number of nitrogens with one attached hydrogen (secondary N) is 1. The smallest absolute Gasteiger partial charge is 0.0809 e. The summed E-state index contributed by atoms with van der Waals surface area (Å²) in [5.41, 5.74) is 2.38. The number of hydrogen-bond acceptors (Lipinski definition) is 4. The van der Waals surface area contributed by atoms with Crippen molar-refractivity contribution < 1.29 is 0 Å². The van der Waals surface area contributed by atoms with E-state index < -0.39 is 0 Å². The molecule has 2 rings (SSSR count). The average Bonchev–Trinajstić information content (AvgIpc) is 2.94. The molecule has 3 nitrogen and oxygen atoms in total. The molecule has 4 heteroatoms. The third-order valence-electron chi connectivity index (χ3n) is 3.82. The molecule has 0 saturated carbocycles. The first kappa shape index (κ1) is 15.4. The summed E-state index contributed by atoms with van der Waals surface area (Å²) in [7, 11) is 0. The van der Waals surface area contributed by atoms with Crippen LogP contribution in [0.25, 0.3) is 10.2 Å². The predicted molar refractivity (Wildman–Crippen MR) is 88.4 cm³/mol. The number of rotatable bonds is 8. The Balaban J connectivity index is 1.80. The van der Waals surface area contributed by atoms with Crippen LogP contribution < -0.4 is 5.32 Å². The van der Waals surface area contributed by atoms with Crippen LogP contribution in [0.5, 0.6) is 0 Å². The largest absolute Gasteiger partial charge is 0.310 e. The number of hydrogen-bond donors (Lipinski definition) is 1. The minimum Gasteiger partial charge on any atom is -0.310 e. The van der Waals surface area contributed by atoms with Gasteiger partial charge in [-0.2, -0.15) is 0 Å². The van der Waals surface area contributed by atoms with Gasteiger partial charge in [0.15, 0.2) is 0 Å². The first-order chi connectivity index (χ1) is 9.74. The van der Waals surface area contributed by atoms with E-state index in [-0.39, 0.29) is 0 Å². The highest BCUT2D eigenvalue weighted by molar-refractivity contribution is 7.17. The molecule has 0 amide bonds. The molecule has 2 aromatic heterocycles. The van der Waals surface area contributed by atoms with Crippen molar-refractivity contribution in [3.8, 4) is 0 Å². The number of thiophene rings is 1. The van der Waals surface area contributed by atoms with E-state index in [0.717, 1.165) is 25.2 Å². The molecule has 0 radical (unpaired) electrons. The number of pyridine rings is 1. The zero-order valence-corrected chi connectivity index (χ0v) is 13.5. The van der Waals surface area contributed by atoms with Crippen LogP contribution in [-0.2, 0) is 0 Å². The third-order valence-corrected chi connectivity index (χ3v) is 4.67. The average molecular weight is 291 g/mol. The SMILES string of the molecule is CCN(CC)CCCNC(C)c1cnc2ccsc2c1. The lowest BCUT2D eigenvalue weighted by Gasteiger charge is -2.19. The maximum atomic E-state index is 4.51. The molecule has 0 fully saturated rings. The Labute approximate surface area is 126 Å². The van der Waals surface area contributed by atoms with Crippen LogP contribution in [0.4, 0.5) is 0 Å². The topological polar surface area (TPSA) is 28.2 Å². The zero-order valence-electron chi connectivity index (χ0n) is 12.7. The lowest BCUT2D eigenvalue weighted by molar-refractivity contribution is 0.296. The van der Waals surface area contributed by atoms with Gasteiger partial charge in [0.25, 0.3) is 0 Å². The van der Waals surface area contributed by atoms with Crippen molar-refractivity contribution in [2.24, 2.45) is 0 Å². The summed E-state index contributed by atoms with van der Waals surface area (Å²) in [6.07, 6.45) is 3.19. The Morgan fingerprint density at radius 3 is 2.90 bits per heavy atom. The summed E-state index contributed by atoms with van der Waals surface area (Å²) in [5.74, 6) is 0. The van der Waals surface area contributed by atoms with Gasteiger partial charge in [0.2, 0.25) is 0 Å². The molecule has 2 heterocycles. The summed E-state index contributed by atoms with van der Waals surface area (Å²) in [5, 5.41) is 5.70. The van der Waals surface area contributed by atoms with Gasteiger partial charge in [-0.1, -0.05) is 13.8 Å². The quantitative estimate of drug-likeness (QED) is 0.752. The molecule has 0 saturated heterocycles. The summed E-state index contributed by atoms with van der Waals surface area (Å²) in [6, 6.07) is 4.70. The molecule has 1 atom stereocenters. The lowest BCUT2D eigenvalue weighted by Crippen LogP contribution is -2.28. The van der Waals surface area contributed by atoms with Crippen LogP contribution in [0.1, 0.15) is 38.8 Å². The van der Waals surface area contributed by atoms with Crippen molar-refractivity contribution in [3.63, 3.8) is 0 Å². The molecule has 0 aliphatic rings. The zero-order chi connectivity index (χ0) is 14.4. The van der Waals surface area contributed by atoms with E-state index in [0.29, 0.717) is 6.04 Å². The van der Waals surface area contributed by atoms with Crippen LogP contribution in [-0.4, -0.2) is 36.1 Å². The van der Waals surface area contributed by atoms with Crippen LogP contribution in [0, 0.1) is 0 Å². The minimum atomic E-state index is 0.366. The van der Waals surface area contributed by atoms with Crippen molar-refractivity contribution in [1.82, 2.24) is 15.2 Å². The van der Waals surface area contributed by atoms with E-state index in [9.17, 15) is 0 Å². The molecule has 2 aromatic rings. The molecular weight excluding hydrogens is 266 g/mol. The standard InChI is InChI=1S/C16H25N3S/c1-4-19(5-2)9-6-8-17-13(3)14-11-16-15(18-12-14)7-10-20-16/h7,10-13,17H,4-6,8-9H2,1-3H3. The molecular formula is C16H25N3S. The van der Waals surface area contributed by atoms with Gasteiger partial charge >= 0.3 is 0 Å². The van der Waals surface area contributed by atoms with Crippen LogP contribution in [0.2, 0.25) is 0 Å². The number of nitrogens with zero attached hydrogens (tertiary/aromatic N) is 2. The van der Waals surface area contributed by atoms with Gasteiger partial charge in [-0.15, -0.1) is 11.3 Å². The Hall–Kier alpha value is -0.970. The Bertz CT molecular complexity index is 519. The highest BCUT2D eigenvalue weighted by Crippen LogP contribution is 2.22. The Kier molecular flexibility index (Phi) is 5.95. The van der Waals surface area contributed by atoms with Gasteiger partial charge in [0.1, 0.15) is 0 Å². The lowest BCUT2D eigenvalue weighted by atomic mass is 10.1. The number of fused-ring (bicyclic) bond motifs is 1. The molecule has 0 aliphatic carbocycles. The fourth-order valence-corrected chi connectivity index (χ4v) is 3.17. The third kappa shape index (κ3) is 4.01. The molecule has 1 N–H and O–H groups in total. The monoisotopic (exact) mass is 291 g/mol. The molecule has 0 aliphatic heterocycles. The van der Waals surface area contributed by atoms with Crippen molar-refractivity contribution in [2.45, 2.75) is 33.2 Å². The van der Waals surface area contributed by atoms with Gasteiger partial charge in [0, 0.05) is 12.2 Å². The first-order valence-corrected chi connectivity index (χ1v) is 8.41. The second kappa shape index (κ2) is 7.72. The second-order valence-corrected chi connectivity index (χ2v) is 6.08. The Morgan fingerprint density at radius 2 is 2.15 bits per heavy atom. The summed E-state index contributed by atoms with van der Waals surface area (Å²) >= 11 is 1.76. The fourth-order valence-electron chi connectivity index (χ4n) is 2.38. The van der Waals surface area contributed by atoms with Crippen molar-refractivity contribution in [2.75, 3.05) is 26.2 Å². The van der Waals surface area contributed by atoms with Crippen LogP contribution >= 0.6 is 11.3 Å². The fraction of sp³-hybridized carbons (Fsp3) is 0.562. The second-order valence-electron chi connectivity index (χ2n) is 5.13. The first-order valence-electron chi connectivity index (χ1n) is 7.53. The highest BCUT2D eigenvalue weighted by atomic mass is 32.1. The van der Waals surface area contributed by atoms with Crippen LogP contribution in [0.3, 0.4) is 0 Å². The molecule has 20 heavy (non-hydrogen) atoms. The van der Waals surface area contributed by atoms with Gasteiger partial charge in [-0.05, 0) is 62.6 Å². The minimum absolute atomic E-state index is 0.366. The Morgan fingerprint density at radius 1 is 1.35 bits per heavy atom. The predicted octanol–water partition coefficient (Wildman–Crippen LogP) is 3.68. The summed E-state index contributed by atoms with van der Waals surface area (Å²) in [4.78, 5) is 6.97. The molecule has 1 unspecified atom stereocenters. The van der Waals surface area contributed by atoms with E-state index in [1.165, 1.54) is 23.2 Å². The highest BCUT2D eigenvalue weighted by Gasteiger charge is 2.07. The van der Waals surface area contributed by atoms with Crippen molar-refractivity contribution in [1.29, 1.82) is 0 Å². The normalized spacial score (nSPS) is 13.2. The van der Waals surface area contributed by atoms with Gasteiger partial charge < -0.3 is 10.2 Å². The molecule has 0 spiro atoms. The van der Waals surface area contributed by atoms with E-state index in [1.54, 1.807) is 11.3 Å². The van der Waals surface area contributed by atoms with Crippen molar-refractivity contribution in [3.05, 3.63) is 29.3 Å². The van der Waals surface area contributed by atoms with E-state index in [1.807, 2.05) is 6.20 Å². The summed E-state index contributed by atoms with van der Waals surface area (Å²) in [6.45, 7) is 11.2. The number of aromatic nitrogens is 1. The maximum Gasteiger partial charge on any atom is 0.0809 e. The van der Waals surface area contributed by atoms with E-state index in [4.69, 9.17) is 0 Å². The summed E-state index contributed by atoms with van der Waals surface area (Å²) < 4.78 is 1.28. The molecule has 0 bridgehead atoms. The maximum absolute atomic E-state index is 4.51. The van der Waals surface area contributed by atoms with Gasteiger partial charge in [0.05, 0.1) is 10.2 Å². The van der Waals surface area contributed by atoms with Crippen LogP contribution in [0.15, 0.2) is 23.7 Å². The van der Waals surface area contributed by atoms with Crippen molar-refractivity contribution >= 4 is 21.6 Å². The molecule has 110 valence electrons.